The van der Waals surface area contributed by atoms with Crippen molar-refractivity contribution in [2.75, 3.05) is 11.9 Å². The Hall–Kier alpha value is -2.58. The number of benzene rings is 1. The smallest absolute Gasteiger partial charge is 0.157 e. The third-order valence-electron chi connectivity index (χ3n) is 6.39. The predicted molar refractivity (Wildman–Crippen MR) is 106 cm³/mol. The molecule has 2 N–H and O–H groups in total. The Morgan fingerprint density at radius 2 is 1.96 bits per heavy atom. The lowest BCUT2D eigenvalue weighted by Crippen LogP contribution is -2.35. The summed E-state index contributed by atoms with van der Waals surface area (Å²) in [4.78, 5) is 4.81. The van der Waals surface area contributed by atoms with E-state index in [1.54, 1.807) is 0 Å². The number of aliphatic hydroxyl groups is 1. The molecule has 5 rings (SSSR count). The van der Waals surface area contributed by atoms with Gasteiger partial charge in [0.1, 0.15) is 11.9 Å². The van der Waals surface area contributed by atoms with Gasteiger partial charge in [0.15, 0.2) is 5.65 Å². The van der Waals surface area contributed by atoms with E-state index in [-0.39, 0.29) is 18.6 Å². The maximum Gasteiger partial charge on any atom is 0.157 e. The van der Waals surface area contributed by atoms with Crippen molar-refractivity contribution >= 4 is 22.5 Å². The Morgan fingerprint density at radius 1 is 1.15 bits per heavy atom. The molecular weight excluding hydrogens is 336 g/mol. The van der Waals surface area contributed by atoms with Crippen molar-refractivity contribution in [1.82, 2.24) is 9.38 Å². The number of anilines is 1. The summed E-state index contributed by atoms with van der Waals surface area (Å²) >= 11 is 0. The zero-order valence-corrected chi connectivity index (χ0v) is 15.4. The van der Waals surface area contributed by atoms with E-state index in [1.807, 2.05) is 18.2 Å². The van der Waals surface area contributed by atoms with Crippen LogP contribution in [-0.4, -0.2) is 27.1 Å². The second kappa shape index (κ2) is 6.54. The second-order valence-electron chi connectivity index (χ2n) is 7.88. The van der Waals surface area contributed by atoms with E-state index < -0.39 is 0 Å². The summed E-state index contributed by atoms with van der Waals surface area (Å²) in [6, 6.07) is 10.8. The van der Waals surface area contributed by atoms with Crippen molar-refractivity contribution in [2.24, 2.45) is 5.92 Å². The number of fused-ring (bicyclic) bond motifs is 4. The van der Waals surface area contributed by atoms with Crippen LogP contribution in [-0.2, 0) is 12.8 Å². The van der Waals surface area contributed by atoms with E-state index in [2.05, 4.69) is 21.9 Å². The van der Waals surface area contributed by atoms with Gasteiger partial charge in [-0.05, 0) is 55.4 Å². The molecule has 0 bridgehead atoms. The van der Waals surface area contributed by atoms with Gasteiger partial charge in [0.25, 0.3) is 0 Å². The summed E-state index contributed by atoms with van der Waals surface area (Å²) in [5, 5.41) is 23.5. The minimum atomic E-state index is 0.226. The van der Waals surface area contributed by atoms with Gasteiger partial charge in [-0.3, -0.25) is 4.40 Å². The highest BCUT2D eigenvalue weighted by atomic mass is 16.3. The molecule has 2 aliphatic rings. The number of aromatic nitrogens is 2. The molecule has 1 fully saturated rings. The van der Waals surface area contributed by atoms with Gasteiger partial charge >= 0.3 is 0 Å². The van der Waals surface area contributed by atoms with Crippen LogP contribution in [0.25, 0.3) is 16.7 Å². The maximum atomic E-state index is 9.86. The molecule has 2 heterocycles. The van der Waals surface area contributed by atoms with Gasteiger partial charge in [-0.2, -0.15) is 5.26 Å². The molecule has 5 nitrogen and oxygen atoms in total. The summed E-state index contributed by atoms with van der Waals surface area (Å²) in [6.07, 6.45) is 7.55. The highest BCUT2D eigenvalue weighted by molar-refractivity contribution is 5.86. The third kappa shape index (κ3) is 2.51. The number of nitriles is 1. The molecule has 27 heavy (non-hydrogen) atoms. The van der Waals surface area contributed by atoms with Crippen LogP contribution < -0.4 is 5.32 Å². The van der Waals surface area contributed by atoms with Crippen molar-refractivity contribution in [3.63, 3.8) is 0 Å². The van der Waals surface area contributed by atoms with Crippen LogP contribution in [0.4, 0.5) is 5.82 Å². The largest absolute Gasteiger partial charge is 0.396 e. The summed E-state index contributed by atoms with van der Waals surface area (Å²) in [6.45, 7) is 0.226. The van der Waals surface area contributed by atoms with Gasteiger partial charge in [0.2, 0.25) is 0 Å². The van der Waals surface area contributed by atoms with Gasteiger partial charge in [0.05, 0.1) is 16.6 Å². The first-order valence-corrected chi connectivity index (χ1v) is 10.0. The normalized spacial score (nSPS) is 22.1. The van der Waals surface area contributed by atoms with Crippen molar-refractivity contribution in [3.05, 3.63) is 41.0 Å². The van der Waals surface area contributed by atoms with Gasteiger partial charge in [-0.1, -0.05) is 25.0 Å². The lowest BCUT2D eigenvalue weighted by atomic mass is 9.85. The molecule has 0 spiro atoms. The van der Waals surface area contributed by atoms with E-state index in [0.717, 1.165) is 60.2 Å². The molecule has 0 unspecified atom stereocenters. The van der Waals surface area contributed by atoms with E-state index in [9.17, 15) is 10.4 Å². The SMILES string of the molecule is N#Cc1c2c(c(N[C@@H]3CCCC[C@@H]3CO)n3c1nc1ccccc13)CCC2. The van der Waals surface area contributed by atoms with Crippen molar-refractivity contribution in [2.45, 2.75) is 51.0 Å². The van der Waals surface area contributed by atoms with Crippen LogP contribution in [0.5, 0.6) is 0 Å². The van der Waals surface area contributed by atoms with E-state index in [4.69, 9.17) is 4.98 Å². The number of nitrogens with zero attached hydrogens (tertiary/aromatic N) is 3. The van der Waals surface area contributed by atoms with E-state index >= 15 is 0 Å². The first-order valence-electron chi connectivity index (χ1n) is 10.0. The van der Waals surface area contributed by atoms with Crippen LogP contribution >= 0.6 is 0 Å². The number of hydrogen-bond acceptors (Lipinski definition) is 4. The lowest BCUT2D eigenvalue weighted by molar-refractivity contribution is 0.178. The number of hydrogen-bond donors (Lipinski definition) is 2. The highest BCUT2D eigenvalue weighted by Gasteiger charge is 2.30. The number of imidazole rings is 1. The van der Waals surface area contributed by atoms with Crippen molar-refractivity contribution < 1.29 is 5.11 Å². The maximum absolute atomic E-state index is 9.86. The first-order chi connectivity index (χ1) is 13.3. The van der Waals surface area contributed by atoms with Gasteiger partial charge in [-0.15, -0.1) is 0 Å². The summed E-state index contributed by atoms with van der Waals surface area (Å²) in [5.74, 6) is 1.38. The number of nitrogens with one attached hydrogen (secondary N) is 1. The summed E-state index contributed by atoms with van der Waals surface area (Å²) in [5.41, 5.74) is 5.88. The minimum absolute atomic E-state index is 0.226. The monoisotopic (exact) mass is 360 g/mol. The Kier molecular flexibility index (Phi) is 4.02. The fraction of sp³-hybridized carbons (Fsp3) is 0.455. The summed E-state index contributed by atoms with van der Waals surface area (Å²) < 4.78 is 2.15. The Balaban J connectivity index is 1.76. The Morgan fingerprint density at radius 3 is 2.81 bits per heavy atom. The highest BCUT2D eigenvalue weighted by Crippen LogP contribution is 2.38. The first kappa shape index (κ1) is 16.6. The molecular formula is C22H24N4O. The fourth-order valence-electron chi connectivity index (χ4n) is 5.03. The van der Waals surface area contributed by atoms with Gasteiger partial charge in [-0.25, -0.2) is 4.98 Å². The molecule has 0 amide bonds. The fourth-order valence-corrected chi connectivity index (χ4v) is 5.03. The molecule has 2 aliphatic carbocycles. The number of para-hydroxylation sites is 2. The number of aliphatic hydroxyl groups excluding tert-OH is 1. The standard InChI is InChI=1S/C22H24N4O/c23-12-17-15-7-5-8-16(15)21(24-18-9-2-1-6-14(18)13-27)26-20-11-4-3-10-19(20)25-22(17)26/h3-4,10-11,14,18,24,27H,1-2,5-9,13H2/t14-,18-/m1/s1. The second-order valence-corrected chi connectivity index (χ2v) is 7.88. The van der Waals surface area contributed by atoms with Crippen molar-refractivity contribution in [3.8, 4) is 6.07 Å². The average molecular weight is 360 g/mol. The molecule has 2 atom stereocenters. The van der Waals surface area contributed by atoms with Crippen LogP contribution in [0.2, 0.25) is 0 Å². The molecule has 2 aromatic heterocycles. The summed E-state index contributed by atoms with van der Waals surface area (Å²) in [7, 11) is 0. The molecule has 0 radical (unpaired) electrons. The average Bonchev–Trinajstić information content (AvgIpc) is 3.33. The van der Waals surface area contributed by atoms with Crippen molar-refractivity contribution in [1.29, 1.82) is 5.26 Å². The number of pyridine rings is 1. The molecule has 3 aromatic rings. The van der Waals surface area contributed by atoms with Crippen LogP contribution in [0.3, 0.4) is 0 Å². The van der Waals surface area contributed by atoms with E-state index in [1.165, 1.54) is 24.0 Å². The Bertz CT molecular complexity index is 1060. The zero-order chi connectivity index (χ0) is 18.4. The zero-order valence-electron chi connectivity index (χ0n) is 15.4. The molecule has 0 saturated heterocycles. The molecule has 1 saturated carbocycles. The predicted octanol–water partition coefficient (Wildman–Crippen LogP) is 3.81. The molecule has 0 aliphatic heterocycles. The molecule has 138 valence electrons. The van der Waals surface area contributed by atoms with Gasteiger partial charge in [0, 0.05) is 18.6 Å². The van der Waals surface area contributed by atoms with Crippen LogP contribution in [0, 0.1) is 17.2 Å². The third-order valence-corrected chi connectivity index (χ3v) is 6.39. The van der Waals surface area contributed by atoms with Gasteiger partial charge < -0.3 is 10.4 Å². The molecule has 5 heteroatoms. The van der Waals surface area contributed by atoms with Crippen LogP contribution in [0.15, 0.2) is 24.3 Å². The molecule has 1 aromatic carbocycles. The number of rotatable bonds is 3. The Labute approximate surface area is 158 Å². The van der Waals surface area contributed by atoms with Crippen LogP contribution in [0.1, 0.15) is 48.8 Å². The quantitative estimate of drug-likeness (QED) is 0.745. The lowest BCUT2D eigenvalue weighted by Gasteiger charge is -2.32. The van der Waals surface area contributed by atoms with E-state index in [0.29, 0.717) is 0 Å². The topological polar surface area (TPSA) is 73.3 Å². The minimum Gasteiger partial charge on any atom is -0.396 e.